The molecule has 158 valence electrons. The fraction of sp³-hybridized carbons (Fsp3) is 0.375. The van der Waals surface area contributed by atoms with E-state index in [4.69, 9.17) is 0 Å². The highest BCUT2D eigenvalue weighted by atomic mass is 32.2. The number of rotatable bonds is 7. The van der Waals surface area contributed by atoms with Crippen LogP contribution in [0.3, 0.4) is 0 Å². The second kappa shape index (κ2) is 9.47. The first kappa shape index (κ1) is 22.1. The van der Waals surface area contributed by atoms with Crippen molar-refractivity contribution in [3.63, 3.8) is 0 Å². The largest absolute Gasteiger partial charge is 0.341 e. The molecule has 1 aromatic heterocycles. The van der Waals surface area contributed by atoms with E-state index in [1.165, 1.54) is 17.3 Å². The van der Waals surface area contributed by atoms with Crippen molar-refractivity contribution in [3.8, 4) is 11.4 Å². The van der Waals surface area contributed by atoms with Crippen molar-refractivity contribution < 1.29 is 4.79 Å². The summed E-state index contributed by atoms with van der Waals surface area (Å²) in [6, 6.07) is 18.5. The van der Waals surface area contributed by atoms with Gasteiger partial charge in [-0.3, -0.25) is 4.79 Å². The van der Waals surface area contributed by atoms with E-state index in [1.807, 2.05) is 37.4 Å². The van der Waals surface area contributed by atoms with Crippen LogP contribution in [0.25, 0.3) is 11.4 Å². The lowest BCUT2D eigenvalue weighted by molar-refractivity contribution is -0.127. The van der Waals surface area contributed by atoms with Crippen LogP contribution in [0.2, 0.25) is 0 Å². The molecule has 0 N–H and O–H groups in total. The van der Waals surface area contributed by atoms with Crippen LogP contribution in [0.4, 0.5) is 0 Å². The second-order valence-corrected chi connectivity index (χ2v) is 9.34. The zero-order valence-electron chi connectivity index (χ0n) is 18.4. The van der Waals surface area contributed by atoms with Gasteiger partial charge in [-0.2, -0.15) is 0 Å². The van der Waals surface area contributed by atoms with Crippen molar-refractivity contribution >= 4 is 17.7 Å². The van der Waals surface area contributed by atoms with Crippen LogP contribution in [-0.2, 0) is 23.3 Å². The number of carbonyl (C=O) groups is 1. The van der Waals surface area contributed by atoms with Crippen molar-refractivity contribution in [1.29, 1.82) is 0 Å². The lowest BCUT2D eigenvalue weighted by Gasteiger charge is -2.19. The van der Waals surface area contributed by atoms with Gasteiger partial charge in [0.25, 0.3) is 0 Å². The fourth-order valence-electron chi connectivity index (χ4n) is 3.20. The highest BCUT2D eigenvalue weighted by Crippen LogP contribution is 2.27. The van der Waals surface area contributed by atoms with Crippen LogP contribution in [0.15, 0.2) is 59.8 Å². The van der Waals surface area contributed by atoms with Gasteiger partial charge in [0.2, 0.25) is 5.91 Å². The molecule has 3 rings (SSSR count). The summed E-state index contributed by atoms with van der Waals surface area (Å²) in [7, 11) is 1.84. The van der Waals surface area contributed by atoms with Gasteiger partial charge >= 0.3 is 0 Å². The lowest BCUT2D eigenvalue weighted by Crippen LogP contribution is -2.27. The van der Waals surface area contributed by atoms with Gasteiger partial charge < -0.3 is 9.47 Å². The van der Waals surface area contributed by atoms with Crippen molar-refractivity contribution in [2.24, 2.45) is 0 Å². The van der Waals surface area contributed by atoms with Crippen molar-refractivity contribution in [3.05, 3.63) is 65.7 Å². The zero-order valence-corrected chi connectivity index (χ0v) is 19.2. The first-order valence-corrected chi connectivity index (χ1v) is 11.2. The number of hydrogen-bond donors (Lipinski definition) is 0. The molecular weight excluding hydrogens is 392 g/mol. The maximum absolute atomic E-state index is 12.6. The predicted molar refractivity (Wildman–Crippen MR) is 123 cm³/mol. The van der Waals surface area contributed by atoms with Crippen molar-refractivity contribution in [2.75, 3.05) is 12.8 Å². The van der Waals surface area contributed by atoms with Gasteiger partial charge in [-0.05, 0) is 23.5 Å². The first-order chi connectivity index (χ1) is 14.3. The molecule has 6 heteroatoms. The molecule has 1 heterocycles. The Morgan fingerprint density at radius 2 is 1.70 bits per heavy atom. The number of benzene rings is 2. The normalized spacial score (nSPS) is 11.5. The minimum absolute atomic E-state index is 0.0746. The van der Waals surface area contributed by atoms with E-state index >= 15 is 0 Å². The first-order valence-electron chi connectivity index (χ1n) is 10.2. The number of amides is 1. The van der Waals surface area contributed by atoms with Crippen molar-refractivity contribution in [2.45, 2.75) is 51.4 Å². The van der Waals surface area contributed by atoms with Crippen LogP contribution >= 0.6 is 11.8 Å². The standard InChI is InChI=1S/C24H30N4OS/c1-6-28-22(19-12-14-20(15-13-19)24(2,3)4)25-26-23(28)30-17-21(29)27(5)16-18-10-8-7-9-11-18/h7-15H,6,16-17H2,1-5H3. The Morgan fingerprint density at radius 1 is 1.03 bits per heavy atom. The molecule has 0 saturated carbocycles. The number of thioether (sulfide) groups is 1. The molecule has 0 atom stereocenters. The number of nitrogens with zero attached hydrogens (tertiary/aromatic N) is 4. The molecule has 0 aliphatic heterocycles. The van der Waals surface area contributed by atoms with Gasteiger partial charge in [0.1, 0.15) is 0 Å². The van der Waals surface area contributed by atoms with Crippen LogP contribution in [0.5, 0.6) is 0 Å². The monoisotopic (exact) mass is 422 g/mol. The van der Waals surface area contributed by atoms with E-state index in [1.54, 1.807) is 4.90 Å². The summed E-state index contributed by atoms with van der Waals surface area (Å²) in [5.41, 5.74) is 3.56. The van der Waals surface area contributed by atoms with Gasteiger partial charge in [-0.25, -0.2) is 0 Å². The summed E-state index contributed by atoms with van der Waals surface area (Å²) in [6.45, 7) is 10.0. The highest BCUT2D eigenvalue weighted by molar-refractivity contribution is 7.99. The maximum atomic E-state index is 12.6. The molecule has 0 aliphatic rings. The average Bonchev–Trinajstić information content (AvgIpc) is 3.15. The summed E-state index contributed by atoms with van der Waals surface area (Å²) < 4.78 is 2.07. The molecule has 0 fully saturated rings. The van der Waals surface area contributed by atoms with E-state index in [0.29, 0.717) is 12.3 Å². The Hall–Kier alpha value is -2.60. The molecule has 2 aromatic carbocycles. The molecule has 0 saturated heterocycles. The SMILES string of the molecule is CCn1c(SCC(=O)N(C)Cc2ccccc2)nnc1-c1ccc(C(C)(C)C)cc1. The Kier molecular flexibility index (Phi) is 6.98. The molecule has 0 aliphatic carbocycles. The van der Waals surface area contributed by atoms with E-state index in [-0.39, 0.29) is 11.3 Å². The molecule has 1 amide bonds. The number of carbonyl (C=O) groups excluding carboxylic acids is 1. The number of aromatic nitrogens is 3. The van der Waals surface area contributed by atoms with Gasteiger partial charge in [0, 0.05) is 25.7 Å². The fourth-order valence-corrected chi connectivity index (χ4v) is 4.14. The topological polar surface area (TPSA) is 51.0 Å². The third-order valence-electron chi connectivity index (χ3n) is 5.06. The minimum Gasteiger partial charge on any atom is -0.341 e. The Balaban J connectivity index is 1.67. The van der Waals surface area contributed by atoms with E-state index in [9.17, 15) is 4.79 Å². The molecule has 0 unspecified atom stereocenters. The van der Waals surface area contributed by atoms with Gasteiger partial charge in [0.05, 0.1) is 5.75 Å². The highest BCUT2D eigenvalue weighted by Gasteiger charge is 2.18. The second-order valence-electron chi connectivity index (χ2n) is 8.40. The van der Waals surface area contributed by atoms with Crippen LogP contribution in [0, 0.1) is 0 Å². The molecule has 0 bridgehead atoms. The zero-order chi connectivity index (χ0) is 21.7. The Bertz CT molecular complexity index is 975. The lowest BCUT2D eigenvalue weighted by atomic mass is 9.87. The molecule has 0 radical (unpaired) electrons. The van der Waals surface area contributed by atoms with Gasteiger partial charge in [0.15, 0.2) is 11.0 Å². The molecule has 3 aromatic rings. The maximum Gasteiger partial charge on any atom is 0.233 e. The Morgan fingerprint density at radius 3 is 2.30 bits per heavy atom. The quantitative estimate of drug-likeness (QED) is 0.502. The summed E-state index contributed by atoms with van der Waals surface area (Å²) >= 11 is 1.44. The predicted octanol–water partition coefficient (Wildman–Crippen LogP) is 5.01. The van der Waals surface area contributed by atoms with E-state index in [2.05, 4.69) is 66.7 Å². The van der Waals surface area contributed by atoms with Crippen LogP contribution in [-0.4, -0.2) is 38.4 Å². The van der Waals surface area contributed by atoms with Crippen molar-refractivity contribution in [1.82, 2.24) is 19.7 Å². The summed E-state index contributed by atoms with van der Waals surface area (Å²) in [4.78, 5) is 14.3. The third kappa shape index (κ3) is 5.30. The third-order valence-corrected chi connectivity index (χ3v) is 6.01. The molecular formula is C24H30N4OS. The number of hydrogen-bond acceptors (Lipinski definition) is 4. The van der Waals surface area contributed by atoms with Gasteiger partial charge in [-0.15, -0.1) is 10.2 Å². The van der Waals surface area contributed by atoms with Crippen LogP contribution < -0.4 is 0 Å². The summed E-state index contributed by atoms with van der Waals surface area (Å²) in [5.74, 6) is 1.25. The molecule has 0 spiro atoms. The minimum atomic E-state index is 0.0746. The van der Waals surface area contributed by atoms with E-state index in [0.717, 1.165) is 28.7 Å². The smallest absolute Gasteiger partial charge is 0.233 e. The summed E-state index contributed by atoms with van der Waals surface area (Å²) in [5, 5.41) is 9.53. The average molecular weight is 423 g/mol. The van der Waals surface area contributed by atoms with Gasteiger partial charge in [-0.1, -0.05) is 87.1 Å². The molecule has 5 nitrogen and oxygen atoms in total. The molecule has 30 heavy (non-hydrogen) atoms. The van der Waals surface area contributed by atoms with E-state index < -0.39 is 0 Å². The van der Waals surface area contributed by atoms with Crippen LogP contribution in [0.1, 0.15) is 38.8 Å². The Labute approximate surface area is 183 Å². The summed E-state index contributed by atoms with van der Waals surface area (Å²) in [6.07, 6.45) is 0.